The fourth-order valence-electron chi connectivity index (χ4n) is 3.30. The molecule has 0 aliphatic heterocycles. The Morgan fingerprint density at radius 2 is 2.00 bits per heavy atom. The van der Waals surface area contributed by atoms with Gasteiger partial charge in [0.05, 0.1) is 33.7 Å². The molecule has 31 heavy (non-hydrogen) atoms. The minimum Gasteiger partial charge on any atom is -0.308 e. The molecule has 0 saturated carbocycles. The van der Waals surface area contributed by atoms with Crippen LogP contribution in [-0.2, 0) is 6.18 Å². The fourth-order valence-corrected chi connectivity index (χ4v) is 3.52. The van der Waals surface area contributed by atoms with E-state index in [-0.39, 0.29) is 17.5 Å². The maximum Gasteiger partial charge on any atom is 0.417 e. The second-order valence-corrected chi connectivity index (χ2v) is 7.26. The van der Waals surface area contributed by atoms with Crippen molar-refractivity contribution >= 4 is 34.2 Å². The smallest absolute Gasteiger partial charge is 0.308 e. The van der Waals surface area contributed by atoms with Crippen molar-refractivity contribution in [1.29, 1.82) is 0 Å². The van der Waals surface area contributed by atoms with Crippen LogP contribution in [0.3, 0.4) is 0 Å². The topological polar surface area (TPSA) is 59.0 Å². The van der Waals surface area contributed by atoms with Crippen LogP contribution in [0.4, 0.5) is 28.0 Å². The van der Waals surface area contributed by atoms with Gasteiger partial charge >= 0.3 is 12.2 Å². The number of hydrogen-bond acceptors (Lipinski definition) is 2. The van der Waals surface area contributed by atoms with E-state index in [0.29, 0.717) is 23.0 Å². The monoisotopic (exact) mass is 450 g/mol. The number of anilines is 1. The number of carbonyl (C=O) groups excluding carboxylic acids is 1. The normalized spacial score (nSPS) is 16.3. The first-order valence-corrected chi connectivity index (χ1v) is 9.55. The van der Waals surface area contributed by atoms with E-state index in [4.69, 9.17) is 11.6 Å². The SMILES string of the molecule is O=C(NC1=CCC(n2ncc3c(F)cccc32)C=C1)Nc1ccc(Cl)c(C(F)(F)F)c1. The number of nitrogens with zero attached hydrogens (tertiary/aromatic N) is 2. The Balaban J connectivity index is 1.41. The van der Waals surface area contributed by atoms with Gasteiger partial charge in [-0.05, 0) is 42.8 Å². The summed E-state index contributed by atoms with van der Waals surface area (Å²) in [4.78, 5) is 12.2. The van der Waals surface area contributed by atoms with Gasteiger partial charge in [0.1, 0.15) is 5.82 Å². The molecule has 3 aromatic rings. The van der Waals surface area contributed by atoms with Crippen molar-refractivity contribution in [3.63, 3.8) is 0 Å². The minimum absolute atomic E-state index is 0.0440. The highest BCUT2D eigenvalue weighted by atomic mass is 35.5. The molecule has 2 N–H and O–H groups in total. The second-order valence-electron chi connectivity index (χ2n) is 6.85. The van der Waals surface area contributed by atoms with Gasteiger partial charge in [-0.25, -0.2) is 9.18 Å². The highest BCUT2D eigenvalue weighted by Gasteiger charge is 2.33. The van der Waals surface area contributed by atoms with E-state index >= 15 is 0 Å². The van der Waals surface area contributed by atoms with Crippen molar-refractivity contribution in [2.45, 2.75) is 18.6 Å². The Labute approximate surface area is 179 Å². The van der Waals surface area contributed by atoms with Crippen LogP contribution < -0.4 is 10.6 Å². The summed E-state index contributed by atoms with van der Waals surface area (Å²) in [6.45, 7) is 0. The third-order valence-corrected chi connectivity index (χ3v) is 5.10. The number of amides is 2. The zero-order chi connectivity index (χ0) is 22.2. The van der Waals surface area contributed by atoms with Gasteiger partial charge in [0, 0.05) is 11.4 Å². The van der Waals surface area contributed by atoms with Crippen molar-refractivity contribution < 1.29 is 22.4 Å². The van der Waals surface area contributed by atoms with Gasteiger partial charge < -0.3 is 10.6 Å². The molecule has 160 valence electrons. The average molecular weight is 451 g/mol. The number of urea groups is 1. The van der Waals surface area contributed by atoms with E-state index in [1.54, 1.807) is 35.0 Å². The Bertz CT molecular complexity index is 1220. The van der Waals surface area contributed by atoms with E-state index in [1.807, 2.05) is 0 Å². The molecule has 1 aliphatic rings. The van der Waals surface area contributed by atoms with E-state index in [0.717, 1.165) is 12.1 Å². The Morgan fingerprint density at radius 1 is 1.19 bits per heavy atom. The summed E-state index contributed by atoms with van der Waals surface area (Å²) in [7, 11) is 0. The molecule has 2 amide bonds. The van der Waals surface area contributed by atoms with E-state index in [1.165, 1.54) is 18.3 Å². The first kappa shape index (κ1) is 20.9. The quantitative estimate of drug-likeness (QED) is 0.477. The maximum absolute atomic E-state index is 13.9. The van der Waals surface area contributed by atoms with Crippen molar-refractivity contribution in [3.05, 3.63) is 82.9 Å². The molecular formula is C21H15ClF4N4O. The number of fused-ring (bicyclic) bond motifs is 1. The van der Waals surface area contributed by atoms with Crippen LogP contribution in [0.15, 0.2) is 66.5 Å². The van der Waals surface area contributed by atoms with Crippen LogP contribution in [0.1, 0.15) is 18.0 Å². The van der Waals surface area contributed by atoms with E-state index < -0.39 is 22.8 Å². The number of carbonyl (C=O) groups is 1. The van der Waals surface area contributed by atoms with E-state index in [2.05, 4.69) is 15.7 Å². The van der Waals surface area contributed by atoms with Crippen LogP contribution in [-0.4, -0.2) is 15.8 Å². The second kappa shape index (κ2) is 8.07. The van der Waals surface area contributed by atoms with E-state index in [9.17, 15) is 22.4 Å². The van der Waals surface area contributed by atoms with Crippen molar-refractivity contribution in [2.24, 2.45) is 0 Å². The molecule has 0 radical (unpaired) electrons. The van der Waals surface area contributed by atoms with Gasteiger partial charge in [-0.1, -0.05) is 29.8 Å². The van der Waals surface area contributed by atoms with Gasteiger partial charge in [-0.2, -0.15) is 18.3 Å². The molecule has 0 fully saturated rings. The number of rotatable bonds is 3. The average Bonchev–Trinajstić information content (AvgIpc) is 3.15. The lowest BCUT2D eigenvalue weighted by atomic mass is 10.1. The standard InChI is InChI=1S/C21H15ClF4N4O/c22-17-9-6-13(10-16(17)21(24,25)26)29-20(31)28-12-4-7-14(8-5-12)30-19-3-1-2-18(23)15(19)11-27-30/h1-7,9-11,14H,8H2,(H2,28,29,31). The lowest BCUT2D eigenvalue weighted by Gasteiger charge is -2.18. The number of alkyl halides is 3. The Kier molecular flexibility index (Phi) is 5.45. The minimum atomic E-state index is -4.63. The molecule has 10 heteroatoms. The third kappa shape index (κ3) is 4.41. The number of halogens is 5. The predicted molar refractivity (Wildman–Crippen MR) is 109 cm³/mol. The van der Waals surface area contributed by atoms with Gasteiger partial charge in [0.2, 0.25) is 0 Å². The lowest BCUT2D eigenvalue weighted by molar-refractivity contribution is -0.137. The van der Waals surface area contributed by atoms with Crippen molar-refractivity contribution in [3.8, 4) is 0 Å². The number of aromatic nitrogens is 2. The van der Waals surface area contributed by atoms with Crippen molar-refractivity contribution in [2.75, 3.05) is 5.32 Å². The van der Waals surface area contributed by atoms with Crippen LogP contribution in [0.25, 0.3) is 10.9 Å². The summed E-state index contributed by atoms with van der Waals surface area (Å²) in [5.74, 6) is -0.353. The summed E-state index contributed by atoms with van der Waals surface area (Å²) in [5.41, 5.74) is 0.0498. The van der Waals surface area contributed by atoms with Gasteiger partial charge in [0.15, 0.2) is 0 Å². The molecule has 1 aromatic heterocycles. The third-order valence-electron chi connectivity index (χ3n) is 4.77. The van der Waals surface area contributed by atoms with Crippen LogP contribution in [0.2, 0.25) is 5.02 Å². The molecule has 1 atom stereocenters. The molecule has 2 aromatic carbocycles. The molecular weight excluding hydrogens is 436 g/mol. The maximum atomic E-state index is 13.9. The van der Waals surface area contributed by atoms with Gasteiger partial charge in [0.25, 0.3) is 0 Å². The zero-order valence-electron chi connectivity index (χ0n) is 15.8. The fraction of sp³-hybridized carbons (Fsp3) is 0.143. The summed E-state index contributed by atoms with van der Waals surface area (Å²) in [6.07, 6.45) is 2.53. The largest absolute Gasteiger partial charge is 0.417 e. The number of benzene rings is 2. The molecule has 4 rings (SSSR count). The molecule has 0 saturated heterocycles. The molecule has 1 unspecified atom stereocenters. The molecule has 1 aliphatic carbocycles. The molecule has 5 nitrogen and oxygen atoms in total. The van der Waals surface area contributed by atoms with Crippen LogP contribution in [0.5, 0.6) is 0 Å². The van der Waals surface area contributed by atoms with Crippen molar-refractivity contribution in [1.82, 2.24) is 15.1 Å². The highest BCUT2D eigenvalue weighted by Crippen LogP contribution is 2.36. The summed E-state index contributed by atoms with van der Waals surface area (Å²) in [6, 6.07) is 6.99. The first-order chi connectivity index (χ1) is 14.7. The molecule has 0 spiro atoms. The number of nitrogens with one attached hydrogen (secondary N) is 2. The Hall–Kier alpha value is -3.33. The summed E-state index contributed by atoms with van der Waals surface area (Å²) < 4.78 is 54.4. The predicted octanol–water partition coefficient (Wildman–Crippen LogP) is 6.05. The van der Waals surface area contributed by atoms with Crippen LogP contribution >= 0.6 is 11.6 Å². The molecule has 1 heterocycles. The highest BCUT2D eigenvalue weighted by molar-refractivity contribution is 6.31. The Morgan fingerprint density at radius 3 is 2.71 bits per heavy atom. The summed E-state index contributed by atoms with van der Waals surface area (Å²) in [5, 5.41) is 9.15. The summed E-state index contributed by atoms with van der Waals surface area (Å²) >= 11 is 5.58. The van der Waals surface area contributed by atoms with Gasteiger partial charge in [-0.15, -0.1) is 0 Å². The zero-order valence-corrected chi connectivity index (χ0v) is 16.5. The van der Waals surface area contributed by atoms with Gasteiger partial charge in [-0.3, -0.25) is 4.68 Å². The number of hydrogen-bond donors (Lipinski definition) is 2. The lowest BCUT2D eigenvalue weighted by Crippen LogP contribution is -2.28. The number of allylic oxidation sites excluding steroid dienone is 3. The first-order valence-electron chi connectivity index (χ1n) is 9.17. The van der Waals surface area contributed by atoms with Crippen LogP contribution in [0, 0.1) is 5.82 Å². The molecule has 0 bridgehead atoms.